The van der Waals surface area contributed by atoms with Crippen LogP contribution in [-0.4, -0.2) is 33.5 Å². The number of hydrogen-bond donors (Lipinski definition) is 0. The highest BCUT2D eigenvalue weighted by atomic mass is 32.2. The van der Waals surface area contributed by atoms with E-state index in [9.17, 15) is 8.42 Å². The summed E-state index contributed by atoms with van der Waals surface area (Å²) in [5.41, 5.74) is 2.65. The van der Waals surface area contributed by atoms with Crippen molar-refractivity contribution < 1.29 is 17.9 Å². The summed E-state index contributed by atoms with van der Waals surface area (Å²) in [6, 6.07) is 15.2. The molecule has 126 valence electrons. The molecule has 0 N–H and O–H groups in total. The van der Waals surface area contributed by atoms with E-state index < -0.39 is 10.0 Å². The van der Waals surface area contributed by atoms with Crippen LogP contribution in [0.5, 0.6) is 5.75 Å². The third-order valence-corrected chi connectivity index (χ3v) is 6.04. The van der Waals surface area contributed by atoms with Gasteiger partial charge in [-0.2, -0.15) is 0 Å². The lowest BCUT2D eigenvalue weighted by Crippen LogP contribution is -2.37. The zero-order valence-electron chi connectivity index (χ0n) is 13.2. The summed E-state index contributed by atoms with van der Waals surface area (Å²) in [6.07, 6.45) is 0.651. The van der Waals surface area contributed by atoms with E-state index in [4.69, 9.17) is 9.47 Å². The Morgan fingerprint density at radius 2 is 1.92 bits per heavy atom. The molecule has 1 atom stereocenters. The molecule has 0 amide bonds. The van der Waals surface area contributed by atoms with Crippen LogP contribution in [0.2, 0.25) is 0 Å². The lowest BCUT2D eigenvalue weighted by atomic mass is 10.1. The zero-order valence-corrected chi connectivity index (χ0v) is 14.0. The van der Waals surface area contributed by atoms with Gasteiger partial charge in [0, 0.05) is 5.56 Å². The van der Waals surface area contributed by atoms with Crippen LogP contribution in [-0.2, 0) is 27.7 Å². The molecule has 2 aliphatic heterocycles. The molecule has 1 saturated heterocycles. The van der Waals surface area contributed by atoms with Crippen LogP contribution in [0.4, 0.5) is 5.69 Å². The highest BCUT2D eigenvalue weighted by Crippen LogP contribution is 2.37. The van der Waals surface area contributed by atoms with E-state index in [1.54, 1.807) is 0 Å². The first kappa shape index (κ1) is 15.5. The molecule has 0 aliphatic carbocycles. The molecule has 2 aliphatic rings. The molecular weight excluding hydrogens is 326 g/mol. The fourth-order valence-electron chi connectivity index (χ4n) is 2.95. The first-order chi connectivity index (χ1) is 11.6. The van der Waals surface area contributed by atoms with Crippen molar-refractivity contribution in [2.75, 3.05) is 23.3 Å². The van der Waals surface area contributed by atoms with Gasteiger partial charge in [-0.3, -0.25) is 4.31 Å². The molecule has 1 fully saturated rings. The summed E-state index contributed by atoms with van der Waals surface area (Å²) in [6.45, 7) is 1.59. The average Bonchev–Trinajstić information content (AvgIpc) is 3.41. The van der Waals surface area contributed by atoms with Gasteiger partial charge in [0.15, 0.2) is 0 Å². The van der Waals surface area contributed by atoms with Gasteiger partial charge in [0.1, 0.15) is 18.5 Å². The molecule has 6 heteroatoms. The molecule has 2 heterocycles. The van der Waals surface area contributed by atoms with E-state index in [1.807, 2.05) is 48.5 Å². The number of anilines is 1. The summed E-state index contributed by atoms with van der Waals surface area (Å²) < 4.78 is 37.7. The average molecular weight is 345 g/mol. The second-order valence-corrected chi connectivity index (χ2v) is 8.09. The molecule has 5 nitrogen and oxygen atoms in total. The number of ether oxygens (including phenoxy) is 2. The number of fused-ring (bicyclic) bond motifs is 1. The Kier molecular flexibility index (Phi) is 3.94. The van der Waals surface area contributed by atoms with Gasteiger partial charge in [-0.05, 0) is 24.1 Å². The molecule has 2 aromatic rings. The van der Waals surface area contributed by atoms with Crippen LogP contribution in [0.3, 0.4) is 0 Å². The molecule has 0 saturated carbocycles. The van der Waals surface area contributed by atoms with Crippen molar-refractivity contribution in [3.63, 3.8) is 0 Å². The van der Waals surface area contributed by atoms with Gasteiger partial charge in [0.25, 0.3) is 0 Å². The maximum absolute atomic E-state index is 12.6. The van der Waals surface area contributed by atoms with Crippen molar-refractivity contribution in [3.8, 4) is 5.75 Å². The Bertz CT molecular complexity index is 831. The quantitative estimate of drug-likeness (QED) is 0.781. The van der Waals surface area contributed by atoms with E-state index in [-0.39, 0.29) is 11.9 Å². The van der Waals surface area contributed by atoms with Gasteiger partial charge < -0.3 is 9.47 Å². The highest BCUT2D eigenvalue weighted by molar-refractivity contribution is 7.92. The fraction of sp³-hybridized carbons (Fsp3) is 0.333. The smallest absolute Gasteiger partial charge is 0.235 e. The van der Waals surface area contributed by atoms with Crippen molar-refractivity contribution >= 4 is 15.7 Å². The fourth-order valence-corrected chi connectivity index (χ4v) is 4.44. The van der Waals surface area contributed by atoms with Crippen molar-refractivity contribution in [2.24, 2.45) is 0 Å². The first-order valence-corrected chi connectivity index (χ1v) is 9.65. The van der Waals surface area contributed by atoms with E-state index >= 15 is 0 Å². The van der Waals surface area contributed by atoms with Crippen molar-refractivity contribution in [2.45, 2.75) is 19.1 Å². The predicted molar refractivity (Wildman–Crippen MR) is 91.8 cm³/mol. The SMILES string of the molecule is O=S1(=O)CCc2c(OCC3CO3)cccc2N1Cc1ccccc1. The summed E-state index contributed by atoms with van der Waals surface area (Å²) in [7, 11) is -3.32. The molecule has 0 aromatic heterocycles. The number of rotatable bonds is 5. The lowest BCUT2D eigenvalue weighted by Gasteiger charge is -2.31. The summed E-state index contributed by atoms with van der Waals surface area (Å²) in [5.74, 6) is 0.864. The van der Waals surface area contributed by atoms with E-state index in [0.29, 0.717) is 19.6 Å². The van der Waals surface area contributed by atoms with Crippen LogP contribution in [0.25, 0.3) is 0 Å². The minimum Gasteiger partial charge on any atom is -0.490 e. The number of hydrogen-bond acceptors (Lipinski definition) is 4. The topological polar surface area (TPSA) is 59.1 Å². The Balaban J connectivity index is 1.67. The monoisotopic (exact) mass is 345 g/mol. The Morgan fingerprint density at radius 1 is 1.12 bits per heavy atom. The molecular formula is C18H19NO4S. The first-order valence-electron chi connectivity index (χ1n) is 8.04. The highest BCUT2D eigenvalue weighted by Gasteiger charge is 2.32. The number of sulfonamides is 1. The Hall–Kier alpha value is -2.05. The maximum atomic E-state index is 12.6. The molecule has 24 heavy (non-hydrogen) atoms. The van der Waals surface area contributed by atoms with Gasteiger partial charge in [0.05, 0.1) is 24.6 Å². The van der Waals surface area contributed by atoms with Gasteiger partial charge in [-0.1, -0.05) is 36.4 Å². The third-order valence-electron chi connectivity index (χ3n) is 4.32. The molecule has 0 bridgehead atoms. The third kappa shape index (κ3) is 3.12. The largest absolute Gasteiger partial charge is 0.490 e. The number of epoxide rings is 1. The minimum atomic E-state index is -3.32. The molecule has 1 unspecified atom stereocenters. The van der Waals surface area contributed by atoms with Crippen LogP contribution >= 0.6 is 0 Å². The number of nitrogens with zero attached hydrogens (tertiary/aromatic N) is 1. The Morgan fingerprint density at radius 3 is 2.67 bits per heavy atom. The van der Waals surface area contributed by atoms with E-state index in [1.165, 1.54) is 4.31 Å². The maximum Gasteiger partial charge on any atom is 0.235 e. The standard InChI is InChI=1S/C18H19NO4S/c20-24(21)10-9-16-17(19(24)11-14-5-2-1-3-6-14)7-4-8-18(16)23-13-15-12-22-15/h1-8,15H,9-13H2. The molecule has 4 rings (SSSR count). The van der Waals surface area contributed by atoms with Crippen molar-refractivity contribution in [3.05, 3.63) is 59.7 Å². The molecule has 0 radical (unpaired) electrons. The normalized spacial score (nSPS) is 21.2. The van der Waals surface area contributed by atoms with Crippen LogP contribution < -0.4 is 9.04 Å². The summed E-state index contributed by atoms with van der Waals surface area (Å²) in [5, 5.41) is 0. The Labute approximate surface area is 141 Å². The van der Waals surface area contributed by atoms with Gasteiger partial charge in [0.2, 0.25) is 10.0 Å². The van der Waals surface area contributed by atoms with Crippen LogP contribution in [0.15, 0.2) is 48.5 Å². The van der Waals surface area contributed by atoms with Crippen molar-refractivity contribution in [1.82, 2.24) is 0 Å². The second kappa shape index (κ2) is 6.11. The zero-order chi connectivity index (χ0) is 16.6. The van der Waals surface area contributed by atoms with Gasteiger partial charge in [-0.15, -0.1) is 0 Å². The summed E-state index contributed by atoms with van der Waals surface area (Å²) in [4.78, 5) is 0. The van der Waals surface area contributed by atoms with Crippen molar-refractivity contribution in [1.29, 1.82) is 0 Å². The predicted octanol–water partition coefficient (Wildman–Crippen LogP) is 2.36. The van der Waals surface area contributed by atoms with Crippen LogP contribution in [0, 0.1) is 0 Å². The molecule has 2 aromatic carbocycles. The van der Waals surface area contributed by atoms with E-state index in [2.05, 4.69) is 0 Å². The second-order valence-electron chi connectivity index (χ2n) is 6.08. The van der Waals surface area contributed by atoms with E-state index in [0.717, 1.165) is 29.2 Å². The van der Waals surface area contributed by atoms with Crippen LogP contribution in [0.1, 0.15) is 11.1 Å². The van der Waals surface area contributed by atoms with Gasteiger partial charge >= 0.3 is 0 Å². The van der Waals surface area contributed by atoms with Gasteiger partial charge in [-0.25, -0.2) is 8.42 Å². The number of benzene rings is 2. The molecule has 0 spiro atoms. The minimum absolute atomic E-state index is 0.104. The summed E-state index contributed by atoms with van der Waals surface area (Å²) >= 11 is 0. The lowest BCUT2D eigenvalue weighted by molar-refractivity contribution is 0.261.